The summed E-state index contributed by atoms with van der Waals surface area (Å²) in [5, 5.41) is 8.53. The molecular formula is C23H29N7. The van der Waals surface area contributed by atoms with Gasteiger partial charge in [0.15, 0.2) is 5.82 Å². The lowest BCUT2D eigenvalue weighted by Crippen LogP contribution is -2.54. The van der Waals surface area contributed by atoms with Crippen LogP contribution in [0.3, 0.4) is 0 Å². The molecule has 0 amide bonds. The second kappa shape index (κ2) is 8.39. The normalized spacial score (nSPS) is 17.8. The molecule has 1 atom stereocenters. The highest BCUT2D eigenvalue weighted by Crippen LogP contribution is 2.39. The van der Waals surface area contributed by atoms with Gasteiger partial charge < -0.3 is 16.4 Å². The van der Waals surface area contributed by atoms with Crippen LogP contribution < -0.4 is 26.8 Å². The van der Waals surface area contributed by atoms with Crippen LogP contribution >= 0.6 is 0 Å². The van der Waals surface area contributed by atoms with Crippen molar-refractivity contribution in [1.29, 1.82) is 0 Å². The summed E-state index contributed by atoms with van der Waals surface area (Å²) in [4.78, 5) is 9.41. The van der Waals surface area contributed by atoms with Crippen LogP contribution in [-0.4, -0.2) is 30.1 Å². The lowest BCUT2D eigenvalue weighted by Gasteiger charge is -2.30. The minimum absolute atomic E-state index is 0.547. The first-order valence-corrected chi connectivity index (χ1v) is 10.3. The van der Waals surface area contributed by atoms with Crippen LogP contribution in [0.15, 0.2) is 54.7 Å². The molecule has 156 valence electrons. The second-order valence-corrected chi connectivity index (χ2v) is 7.72. The van der Waals surface area contributed by atoms with Crippen LogP contribution in [0.2, 0.25) is 0 Å². The molecule has 1 aliphatic rings. The molecule has 2 aromatic carbocycles. The molecule has 1 aromatic heterocycles. The zero-order chi connectivity index (χ0) is 21.1. The summed E-state index contributed by atoms with van der Waals surface area (Å²) in [6, 6.07) is 16.2. The highest BCUT2D eigenvalue weighted by Gasteiger charge is 2.44. The van der Waals surface area contributed by atoms with Gasteiger partial charge in [-0.05, 0) is 62.7 Å². The topological polar surface area (TPSA) is 91.1 Å². The SMILES string of the molecule is CNCCCN1NC(N)(c2c(C)cccc2C)c2cnc(Nc3ccccc3)nc21. The van der Waals surface area contributed by atoms with Crippen molar-refractivity contribution in [3.05, 3.63) is 77.0 Å². The molecule has 0 radical (unpaired) electrons. The van der Waals surface area contributed by atoms with Crippen LogP contribution in [0, 0.1) is 13.8 Å². The van der Waals surface area contributed by atoms with Crippen molar-refractivity contribution >= 4 is 17.5 Å². The van der Waals surface area contributed by atoms with Gasteiger partial charge in [0.25, 0.3) is 0 Å². The van der Waals surface area contributed by atoms with E-state index in [-0.39, 0.29) is 0 Å². The first-order valence-electron chi connectivity index (χ1n) is 10.3. The maximum atomic E-state index is 7.02. The van der Waals surface area contributed by atoms with Crippen molar-refractivity contribution in [2.45, 2.75) is 25.9 Å². The zero-order valence-corrected chi connectivity index (χ0v) is 17.7. The van der Waals surface area contributed by atoms with Gasteiger partial charge in [-0.25, -0.2) is 10.4 Å². The highest BCUT2D eigenvalue weighted by molar-refractivity contribution is 5.63. The predicted octanol–water partition coefficient (Wildman–Crippen LogP) is 2.93. The third-order valence-corrected chi connectivity index (χ3v) is 5.47. The molecule has 7 heteroatoms. The summed E-state index contributed by atoms with van der Waals surface area (Å²) >= 11 is 0. The molecule has 1 unspecified atom stereocenters. The Morgan fingerprint density at radius 3 is 2.50 bits per heavy atom. The van der Waals surface area contributed by atoms with Gasteiger partial charge in [0.1, 0.15) is 5.66 Å². The number of para-hydroxylation sites is 1. The number of nitrogens with one attached hydrogen (secondary N) is 3. The molecular weight excluding hydrogens is 374 g/mol. The molecule has 0 saturated heterocycles. The van der Waals surface area contributed by atoms with Crippen molar-refractivity contribution in [3.63, 3.8) is 0 Å². The third-order valence-electron chi connectivity index (χ3n) is 5.47. The van der Waals surface area contributed by atoms with Gasteiger partial charge in [-0.15, -0.1) is 0 Å². The van der Waals surface area contributed by atoms with Crippen molar-refractivity contribution < 1.29 is 0 Å². The van der Waals surface area contributed by atoms with Gasteiger partial charge >= 0.3 is 0 Å². The molecule has 0 bridgehead atoms. The maximum absolute atomic E-state index is 7.02. The summed E-state index contributed by atoms with van der Waals surface area (Å²) in [5.41, 5.74) is 14.8. The molecule has 3 aromatic rings. The Hall–Kier alpha value is -3.00. The maximum Gasteiger partial charge on any atom is 0.229 e. The number of hydrogen-bond acceptors (Lipinski definition) is 7. The van der Waals surface area contributed by atoms with E-state index in [1.165, 1.54) is 0 Å². The highest BCUT2D eigenvalue weighted by atomic mass is 15.6. The molecule has 7 nitrogen and oxygen atoms in total. The average Bonchev–Trinajstić information content (AvgIpc) is 3.01. The number of hydrazine groups is 1. The first-order chi connectivity index (χ1) is 14.5. The summed E-state index contributed by atoms with van der Waals surface area (Å²) in [5.74, 6) is 1.36. The number of aryl methyl sites for hydroxylation is 2. The Balaban J connectivity index is 1.75. The van der Waals surface area contributed by atoms with Crippen LogP contribution in [0.4, 0.5) is 17.5 Å². The number of nitrogens with zero attached hydrogens (tertiary/aromatic N) is 3. The van der Waals surface area contributed by atoms with E-state index in [2.05, 4.69) is 58.1 Å². The van der Waals surface area contributed by atoms with Gasteiger partial charge in [0.05, 0.1) is 5.56 Å². The fourth-order valence-corrected chi connectivity index (χ4v) is 4.10. The Morgan fingerprint density at radius 2 is 1.80 bits per heavy atom. The third kappa shape index (κ3) is 3.75. The summed E-state index contributed by atoms with van der Waals surface area (Å²) < 4.78 is 0. The zero-order valence-electron chi connectivity index (χ0n) is 17.7. The molecule has 30 heavy (non-hydrogen) atoms. The van der Waals surface area contributed by atoms with Gasteiger partial charge in [0, 0.05) is 18.4 Å². The van der Waals surface area contributed by atoms with E-state index in [0.29, 0.717) is 5.95 Å². The number of nitrogens with two attached hydrogens (primary N) is 1. The Labute approximate surface area is 177 Å². The van der Waals surface area contributed by atoms with E-state index in [0.717, 1.165) is 53.3 Å². The number of fused-ring (bicyclic) bond motifs is 1. The summed E-state index contributed by atoms with van der Waals surface area (Å²) in [7, 11) is 1.96. The molecule has 0 fully saturated rings. The van der Waals surface area contributed by atoms with E-state index in [4.69, 9.17) is 10.7 Å². The molecule has 0 saturated carbocycles. The summed E-state index contributed by atoms with van der Waals surface area (Å²) in [6.07, 6.45) is 2.79. The van der Waals surface area contributed by atoms with E-state index in [1.807, 2.05) is 43.6 Å². The number of anilines is 3. The van der Waals surface area contributed by atoms with Gasteiger partial charge in [0.2, 0.25) is 5.95 Å². The predicted molar refractivity (Wildman–Crippen MR) is 122 cm³/mol. The Kier molecular flexibility index (Phi) is 5.67. The first kappa shape index (κ1) is 20.3. The van der Waals surface area contributed by atoms with Gasteiger partial charge in [-0.2, -0.15) is 4.98 Å². The van der Waals surface area contributed by atoms with E-state index < -0.39 is 5.66 Å². The monoisotopic (exact) mass is 403 g/mol. The van der Waals surface area contributed by atoms with Crippen LogP contribution in [-0.2, 0) is 5.66 Å². The van der Waals surface area contributed by atoms with Crippen molar-refractivity contribution in [2.24, 2.45) is 5.73 Å². The number of benzene rings is 2. The molecule has 1 aliphatic heterocycles. The lowest BCUT2D eigenvalue weighted by molar-refractivity contribution is 0.425. The van der Waals surface area contributed by atoms with Gasteiger partial charge in [-0.3, -0.25) is 5.01 Å². The van der Waals surface area contributed by atoms with E-state index in [1.54, 1.807) is 0 Å². The van der Waals surface area contributed by atoms with E-state index >= 15 is 0 Å². The molecule has 2 heterocycles. The quantitative estimate of drug-likeness (QED) is 0.451. The largest absolute Gasteiger partial charge is 0.324 e. The standard InChI is InChI=1S/C23H29N7/c1-16-9-7-10-17(2)20(16)23(24)19-15-26-22(27-18-11-5-4-6-12-18)28-21(19)30(29-23)14-8-13-25-3/h4-7,9-12,15,25,29H,8,13-14,24H2,1-3H3,(H,26,27,28). The summed E-state index contributed by atoms with van der Waals surface area (Å²) in [6.45, 7) is 5.87. The fraction of sp³-hybridized carbons (Fsp3) is 0.304. The smallest absolute Gasteiger partial charge is 0.229 e. The molecule has 4 rings (SSSR count). The second-order valence-electron chi connectivity index (χ2n) is 7.72. The van der Waals surface area contributed by atoms with Gasteiger partial charge in [-0.1, -0.05) is 36.4 Å². The Morgan fingerprint density at radius 1 is 1.07 bits per heavy atom. The van der Waals surface area contributed by atoms with Crippen molar-refractivity contribution in [2.75, 3.05) is 30.5 Å². The number of aromatic nitrogens is 2. The van der Waals surface area contributed by atoms with Crippen molar-refractivity contribution in [3.8, 4) is 0 Å². The molecule has 0 spiro atoms. The van der Waals surface area contributed by atoms with Crippen molar-refractivity contribution in [1.82, 2.24) is 20.7 Å². The molecule has 0 aliphatic carbocycles. The number of hydrogen-bond donors (Lipinski definition) is 4. The molecule has 5 N–H and O–H groups in total. The minimum Gasteiger partial charge on any atom is -0.324 e. The fourth-order valence-electron chi connectivity index (χ4n) is 4.10. The van der Waals surface area contributed by atoms with Crippen LogP contribution in [0.5, 0.6) is 0 Å². The van der Waals surface area contributed by atoms with Crippen LogP contribution in [0.1, 0.15) is 28.7 Å². The average molecular weight is 404 g/mol. The van der Waals surface area contributed by atoms with Crippen LogP contribution in [0.25, 0.3) is 0 Å². The van der Waals surface area contributed by atoms with E-state index in [9.17, 15) is 0 Å². The minimum atomic E-state index is -0.879. The lowest BCUT2D eigenvalue weighted by atomic mass is 9.88. The number of rotatable bonds is 7. The Bertz CT molecular complexity index is 1000.